The van der Waals surface area contributed by atoms with E-state index >= 15 is 8.78 Å². The predicted molar refractivity (Wildman–Crippen MR) is 179 cm³/mol. The minimum Gasteiger partial charge on any atom is -0.354 e. The lowest BCUT2D eigenvalue weighted by Crippen LogP contribution is -2.65. The molecule has 6 fully saturated rings. The summed E-state index contributed by atoms with van der Waals surface area (Å²) in [5.41, 5.74) is -3.94. The molecule has 2 heterocycles. The van der Waals surface area contributed by atoms with Gasteiger partial charge in [-0.25, -0.2) is 32.1 Å². The number of amides is 6. The SMILES string of the molecule is CC(F)(F)CC(C(=O)NC1(C#N)CC1)N(C(=O)C(CC(F)(F)CC1(C#N)CC1)NC(=O)NC1CCC2(CC1)OCCO2)C(=O)N1CCOC12CCCCC2. The molecule has 6 rings (SSSR count). The Labute approximate surface area is 311 Å². The van der Waals surface area contributed by atoms with E-state index in [1.165, 1.54) is 4.90 Å². The lowest BCUT2D eigenvalue weighted by molar-refractivity contribution is -0.179. The first-order valence-corrected chi connectivity index (χ1v) is 19.0. The summed E-state index contributed by atoms with van der Waals surface area (Å²) in [5, 5.41) is 26.7. The van der Waals surface area contributed by atoms with Gasteiger partial charge in [0.25, 0.3) is 11.8 Å². The van der Waals surface area contributed by atoms with Crippen molar-refractivity contribution in [2.24, 2.45) is 5.41 Å². The van der Waals surface area contributed by atoms with Gasteiger partial charge in [-0.05, 0) is 71.1 Å². The van der Waals surface area contributed by atoms with Gasteiger partial charge in [0, 0.05) is 44.7 Å². The average molecular weight is 768 g/mol. The van der Waals surface area contributed by atoms with Crippen molar-refractivity contribution >= 4 is 23.9 Å². The highest BCUT2D eigenvalue weighted by atomic mass is 19.3. The molecule has 2 atom stereocenters. The molecule has 4 saturated carbocycles. The van der Waals surface area contributed by atoms with E-state index in [1.807, 2.05) is 12.1 Å². The van der Waals surface area contributed by atoms with Crippen molar-refractivity contribution < 1.29 is 51.0 Å². The molecule has 54 heavy (non-hydrogen) atoms. The van der Waals surface area contributed by atoms with E-state index in [0.717, 1.165) is 6.42 Å². The van der Waals surface area contributed by atoms with E-state index in [4.69, 9.17) is 14.2 Å². The zero-order chi connectivity index (χ0) is 39.0. The van der Waals surface area contributed by atoms with Crippen molar-refractivity contribution in [3.8, 4) is 12.1 Å². The molecule has 0 aromatic heterocycles. The van der Waals surface area contributed by atoms with Crippen LogP contribution in [-0.2, 0) is 23.8 Å². The van der Waals surface area contributed by atoms with Crippen LogP contribution in [0.4, 0.5) is 27.2 Å². The van der Waals surface area contributed by atoms with Crippen molar-refractivity contribution in [3.05, 3.63) is 0 Å². The topological polar surface area (TPSA) is 186 Å². The molecule has 298 valence electrons. The fourth-order valence-electron chi connectivity index (χ4n) is 8.34. The van der Waals surface area contributed by atoms with Gasteiger partial charge in [-0.3, -0.25) is 14.5 Å². The summed E-state index contributed by atoms with van der Waals surface area (Å²) in [6.45, 7) is 1.33. The lowest BCUT2D eigenvalue weighted by Gasteiger charge is -2.43. The summed E-state index contributed by atoms with van der Waals surface area (Å²) in [4.78, 5) is 58.4. The van der Waals surface area contributed by atoms with Crippen molar-refractivity contribution in [1.82, 2.24) is 25.8 Å². The molecule has 6 aliphatic rings. The molecule has 0 aromatic carbocycles. The molecule has 2 unspecified atom stereocenters. The van der Waals surface area contributed by atoms with Crippen molar-refractivity contribution in [2.75, 3.05) is 26.4 Å². The number of nitrogens with one attached hydrogen (secondary N) is 3. The van der Waals surface area contributed by atoms with Crippen LogP contribution in [0, 0.1) is 28.1 Å². The molecule has 2 saturated heterocycles. The molecule has 18 heteroatoms. The number of alkyl halides is 4. The monoisotopic (exact) mass is 767 g/mol. The van der Waals surface area contributed by atoms with E-state index in [9.17, 15) is 38.5 Å². The molecule has 2 spiro atoms. The van der Waals surface area contributed by atoms with Gasteiger partial charge in [-0.15, -0.1) is 0 Å². The van der Waals surface area contributed by atoms with E-state index in [1.54, 1.807) is 0 Å². The highest BCUT2D eigenvalue weighted by molar-refractivity contribution is 6.03. The number of hydrogen-bond donors (Lipinski definition) is 3. The maximum Gasteiger partial charge on any atom is 0.329 e. The molecule has 14 nitrogen and oxygen atoms in total. The highest BCUT2D eigenvalue weighted by Crippen LogP contribution is 2.53. The first-order chi connectivity index (χ1) is 25.5. The number of halogens is 4. The van der Waals surface area contributed by atoms with Crippen LogP contribution >= 0.6 is 0 Å². The smallest absolute Gasteiger partial charge is 0.329 e. The van der Waals surface area contributed by atoms with Gasteiger partial charge >= 0.3 is 12.1 Å². The van der Waals surface area contributed by atoms with Crippen LogP contribution < -0.4 is 16.0 Å². The molecular weight excluding hydrogens is 718 g/mol. The maximum atomic E-state index is 15.9. The Morgan fingerprint density at radius 3 is 2.07 bits per heavy atom. The number of urea groups is 2. The molecule has 0 radical (unpaired) electrons. The Hall–Kier alpha value is -3.74. The largest absolute Gasteiger partial charge is 0.354 e. The van der Waals surface area contributed by atoms with Crippen LogP contribution in [0.2, 0.25) is 0 Å². The summed E-state index contributed by atoms with van der Waals surface area (Å²) in [6, 6.07) is -3.33. The fourth-order valence-corrected chi connectivity index (χ4v) is 8.34. The fraction of sp³-hybridized carbons (Fsp3) is 0.833. The molecule has 0 aromatic rings. The number of carbonyl (C=O) groups excluding carboxylic acids is 4. The predicted octanol–water partition coefficient (Wildman–Crippen LogP) is 4.59. The number of imide groups is 1. The Kier molecular flexibility index (Phi) is 11.1. The van der Waals surface area contributed by atoms with Gasteiger partial charge < -0.3 is 30.2 Å². The third kappa shape index (κ3) is 9.03. The number of hydrogen-bond acceptors (Lipinski definition) is 9. The standard InChI is InChI=1S/C36H49F4N7O7/c1-31(37,38)20-26(27(48)45-33(23-42)13-14-33)47(30(51)46-15-16-52-35(46)7-3-2-4-8-35)28(49)25(19-34(39,40)21-32(22-41)11-12-32)44-29(50)43-24-5-9-36(10-6-24)53-17-18-54-36/h24-26H,2-21H2,1H3,(H,45,48)(H2,43,44,50). The Bertz CT molecular complexity index is 1530. The minimum absolute atomic E-state index is 0.0449. The van der Waals surface area contributed by atoms with E-state index in [0.29, 0.717) is 71.5 Å². The average Bonchev–Trinajstić information content (AvgIpc) is 3.98. The Morgan fingerprint density at radius 1 is 0.870 bits per heavy atom. The van der Waals surface area contributed by atoms with Crippen LogP contribution in [0.1, 0.15) is 110 Å². The van der Waals surface area contributed by atoms with Crippen LogP contribution in [0.5, 0.6) is 0 Å². The Morgan fingerprint density at radius 2 is 1.52 bits per heavy atom. The quantitative estimate of drug-likeness (QED) is 0.239. The summed E-state index contributed by atoms with van der Waals surface area (Å²) in [5.74, 6) is -10.9. The lowest BCUT2D eigenvalue weighted by atomic mass is 9.90. The van der Waals surface area contributed by atoms with Crippen LogP contribution in [0.25, 0.3) is 0 Å². The molecule has 3 N–H and O–H groups in total. The second-order valence-corrected chi connectivity index (χ2v) is 16.2. The normalized spacial score (nSPS) is 24.8. The van der Waals surface area contributed by atoms with E-state index in [2.05, 4.69) is 16.0 Å². The third-order valence-corrected chi connectivity index (χ3v) is 11.7. The second-order valence-electron chi connectivity index (χ2n) is 16.2. The van der Waals surface area contributed by atoms with E-state index < -0.39 is 95.6 Å². The first-order valence-electron chi connectivity index (χ1n) is 19.0. The number of nitriles is 2. The van der Waals surface area contributed by atoms with Crippen LogP contribution in [0.3, 0.4) is 0 Å². The second kappa shape index (κ2) is 15.1. The van der Waals surface area contributed by atoms with Crippen molar-refractivity contribution in [1.29, 1.82) is 10.5 Å². The third-order valence-electron chi connectivity index (χ3n) is 11.7. The van der Waals surface area contributed by atoms with Crippen LogP contribution in [0.15, 0.2) is 0 Å². The summed E-state index contributed by atoms with van der Waals surface area (Å²) < 4.78 is 79.3. The zero-order valence-electron chi connectivity index (χ0n) is 30.5. The van der Waals surface area contributed by atoms with Gasteiger partial charge in [-0.2, -0.15) is 10.5 Å². The molecule has 6 amide bonds. The summed E-state index contributed by atoms with van der Waals surface area (Å²) >= 11 is 0. The maximum absolute atomic E-state index is 15.9. The number of nitrogens with zero attached hydrogens (tertiary/aromatic N) is 4. The van der Waals surface area contributed by atoms with Gasteiger partial charge in [0.1, 0.15) is 23.3 Å². The molecular formula is C36H49F4N7O7. The number of carbonyl (C=O) groups is 4. The molecule has 4 aliphatic carbocycles. The molecule has 2 aliphatic heterocycles. The zero-order valence-corrected chi connectivity index (χ0v) is 30.5. The van der Waals surface area contributed by atoms with E-state index in [-0.39, 0.29) is 43.7 Å². The number of rotatable bonds is 12. The minimum atomic E-state index is -3.74. The van der Waals surface area contributed by atoms with Gasteiger partial charge in [0.15, 0.2) is 5.79 Å². The Balaban J connectivity index is 1.32. The number of ether oxygens (including phenoxy) is 3. The van der Waals surface area contributed by atoms with Gasteiger partial charge in [0.2, 0.25) is 11.8 Å². The van der Waals surface area contributed by atoms with Crippen molar-refractivity contribution in [2.45, 2.75) is 157 Å². The van der Waals surface area contributed by atoms with Crippen LogP contribution in [-0.4, -0.2) is 107 Å². The summed E-state index contributed by atoms with van der Waals surface area (Å²) in [6.07, 6.45) is 1.66. The first kappa shape index (κ1) is 39.9. The van der Waals surface area contributed by atoms with Gasteiger partial charge in [0.05, 0.1) is 37.4 Å². The molecule has 0 bridgehead atoms. The van der Waals surface area contributed by atoms with Crippen molar-refractivity contribution in [3.63, 3.8) is 0 Å². The highest BCUT2D eigenvalue weighted by Gasteiger charge is 2.56. The summed E-state index contributed by atoms with van der Waals surface area (Å²) in [7, 11) is 0. The van der Waals surface area contributed by atoms with Gasteiger partial charge in [-0.1, -0.05) is 6.42 Å².